The van der Waals surface area contributed by atoms with Crippen LogP contribution in [0.25, 0.3) is 21.9 Å². The first-order chi connectivity index (χ1) is 25.4. The highest BCUT2D eigenvalue weighted by atomic mass is 16.5. The quantitative estimate of drug-likeness (QED) is 0.176. The highest BCUT2D eigenvalue weighted by Gasteiger charge is 2.38. The van der Waals surface area contributed by atoms with Crippen molar-refractivity contribution in [3.05, 3.63) is 71.8 Å². The molecule has 6 heterocycles. The average Bonchev–Trinajstić information content (AvgIpc) is 3.77. The van der Waals surface area contributed by atoms with Gasteiger partial charge in [-0.15, -0.1) is 0 Å². The molecule has 5 aromatic rings. The molecule has 4 fully saturated rings. The van der Waals surface area contributed by atoms with E-state index in [1.165, 1.54) is 12.0 Å². The van der Waals surface area contributed by atoms with Gasteiger partial charge in [0.25, 0.3) is 5.91 Å². The number of rotatable bonds is 8. The van der Waals surface area contributed by atoms with Gasteiger partial charge in [-0.1, -0.05) is 17.3 Å². The number of piperidine rings is 3. The maximum absolute atomic E-state index is 12.7. The highest BCUT2D eigenvalue weighted by molar-refractivity contribution is 6.09. The Hall–Kier alpha value is -5.30. The zero-order valence-corrected chi connectivity index (χ0v) is 29.1. The molecule has 3 amide bonds. The number of hydrogen-bond acceptors (Lipinski definition) is 10. The number of amides is 3. The van der Waals surface area contributed by atoms with E-state index < -0.39 is 11.8 Å². The van der Waals surface area contributed by atoms with Crippen molar-refractivity contribution in [2.75, 3.05) is 36.4 Å². The van der Waals surface area contributed by atoms with E-state index in [4.69, 9.17) is 15.2 Å². The summed E-state index contributed by atoms with van der Waals surface area (Å²) in [6.07, 6.45) is 12.5. The van der Waals surface area contributed by atoms with Gasteiger partial charge in [0.05, 0.1) is 17.5 Å². The van der Waals surface area contributed by atoms with Crippen LogP contribution in [-0.4, -0.2) is 74.5 Å². The SMILES string of the molecule is NC(=O)c1ncc(N2CCCCC2)nc1Nc1ccc(C2CCN(C3CC(n4ccc5c6c(C7CCC(=O)NC7=O)noc6ccc54)C3)CC2)cc1. The van der Waals surface area contributed by atoms with Gasteiger partial charge in [-0.2, -0.15) is 0 Å². The number of anilines is 3. The van der Waals surface area contributed by atoms with Crippen molar-refractivity contribution in [2.45, 2.75) is 81.7 Å². The molecule has 268 valence electrons. The summed E-state index contributed by atoms with van der Waals surface area (Å²) in [5, 5.41) is 12.0. The van der Waals surface area contributed by atoms with Gasteiger partial charge in [0, 0.05) is 54.4 Å². The molecule has 1 aliphatic carbocycles. The largest absolute Gasteiger partial charge is 0.364 e. The Kier molecular flexibility index (Phi) is 8.37. The summed E-state index contributed by atoms with van der Waals surface area (Å²) in [5.41, 5.74) is 10.4. The first kappa shape index (κ1) is 32.6. The van der Waals surface area contributed by atoms with E-state index in [0.29, 0.717) is 47.9 Å². The van der Waals surface area contributed by atoms with Crippen LogP contribution in [0.2, 0.25) is 0 Å². The Morgan fingerprint density at radius 1 is 0.923 bits per heavy atom. The van der Waals surface area contributed by atoms with Crippen LogP contribution in [0.15, 0.2) is 59.4 Å². The van der Waals surface area contributed by atoms with Crippen molar-refractivity contribution in [3.8, 4) is 0 Å². The Balaban J connectivity index is 0.818. The number of carbonyl (C=O) groups excluding carboxylic acids is 3. The minimum atomic E-state index is -0.600. The maximum Gasteiger partial charge on any atom is 0.271 e. The Morgan fingerprint density at radius 3 is 2.46 bits per heavy atom. The number of nitrogens with two attached hydrogens (primary N) is 1. The first-order valence-electron chi connectivity index (χ1n) is 18.6. The second-order valence-electron chi connectivity index (χ2n) is 14.8. The molecule has 1 saturated carbocycles. The van der Waals surface area contributed by atoms with E-state index in [1.807, 2.05) is 6.07 Å². The van der Waals surface area contributed by atoms with Crippen molar-refractivity contribution in [1.82, 2.24) is 29.9 Å². The van der Waals surface area contributed by atoms with Gasteiger partial charge in [0.1, 0.15) is 11.5 Å². The summed E-state index contributed by atoms with van der Waals surface area (Å²) >= 11 is 0. The summed E-state index contributed by atoms with van der Waals surface area (Å²) in [4.78, 5) is 50.5. The zero-order chi connectivity index (χ0) is 35.3. The molecule has 52 heavy (non-hydrogen) atoms. The molecule has 9 rings (SSSR count). The molecule has 0 bridgehead atoms. The van der Waals surface area contributed by atoms with Crippen LogP contribution in [0, 0.1) is 0 Å². The van der Waals surface area contributed by atoms with Crippen LogP contribution in [0.4, 0.5) is 17.3 Å². The Bertz CT molecular complexity index is 2160. The third-order valence-electron chi connectivity index (χ3n) is 11.8. The molecular formula is C39H43N9O4. The summed E-state index contributed by atoms with van der Waals surface area (Å²) in [6.45, 7) is 4.03. The average molecular weight is 702 g/mol. The number of nitrogens with one attached hydrogen (secondary N) is 2. The lowest BCUT2D eigenvalue weighted by Crippen LogP contribution is -2.48. The van der Waals surface area contributed by atoms with Crippen molar-refractivity contribution in [3.63, 3.8) is 0 Å². The van der Waals surface area contributed by atoms with E-state index in [0.717, 1.165) is 92.5 Å². The third kappa shape index (κ3) is 5.96. The molecule has 0 radical (unpaired) electrons. The second kappa shape index (κ2) is 13.4. The van der Waals surface area contributed by atoms with Gasteiger partial charge < -0.3 is 29.9 Å². The van der Waals surface area contributed by atoms with Gasteiger partial charge in [-0.3, -0.25) is 19.7 Å². The molecule has 2 aromatic carbocycles. The van der Waals surface area contributed by atoms with Crippen LogP contribution >= 0.6 is 0 Å². The fraction of sp³-hybridized carbons (Fsp3) is 0.436. The minimum absolute atomic E-state index is 0.145. The molecule has 1 unspecified atom stereocenters. The topological polar surface area (TPSA) is 165 Å². The normalized spacial score (nSPS) is 23.2. The summed E-state index contributed by atoms with van der Waals surface area (Å²) < 4.78 is 8.01. The minimum Gasteiger partial charge on any atom is -0.364 e. The summed E-state index contributed by atoms with van der Waals surface area (Å²) in [5.74, 6) is 0.0367. The van der Waals surface area contributed by atoms with E-state index in [2.05, 4.69) is 77.7 Å². The predicted molar refractivity (Wildman–Crippen MR) is 197 cm³/mol. The lowest BCUT2D eigenvalue weighted by molar-refractivity contribution is -0.134. The lowest BCUT2D eigenvalue weighted by Gasteiger charge is -2.46. The Labute approximate surface area is 300 Å². The van der Waals surface area contributed by atoms with E-state index in [9.17, 15) is 14.4 Å². The molecular weight excluding hydrogens is 658 g/mol. The highest BCUT2D eigenvalue weighted by Crippen LogP contribution is 2.43. The number of primary amides is 1. The fourth-order valence-corrected chi connectivity index (χ4v) is 8.79. The first-order valence-corrected chi connectivity index (χ1v) is 18.6. The molecule has 13 heteroatoms. The smallest absolute Gasteiger partial charge is 0.271 e. The number of likely N-dealkylation sites (tertiary alicyclic amines) is 1. The van der Waals surface area contributed by atoms with E-state index >= 15 is 0 Å². The number of fused-ring (bicyclic) bond motifs is 3. The van der Waals surface area contributed by atoms with Gasteiger partial charge in [0.2, 0.25) is 11.8 Å². The third-order valence-corrected chi connectivity index (χ3v) is 11.8. The molecule has 3 aromatic heterocycles. The van der Waals surface area contributed by atoms with Gasteiger partial charge >= 0.3 is 0 Å². The maximum atomic E-state index is 12.7. The molecule has 13 nitrogen and oxygen atoms in total. The van der Waals surface area contributed by atoms with Crippen molar-refractivity contribution >= 4 is 56.9 Å². The number of aromatic nitrogens is 4. The lowest BCUT2D eigenvalue weighted by atomic mass is 9.82. The molecule has 0 spiro atoms. The predicted octanol–water partition coefficient (Wildman–Crippen LogP) is 5.51. The number of benzene rings is 2. The molecule has 3 saturated heterocycles. The standard InChI is InChI=1S/C39H43N9O4/c40-37(50)36-38(43-32(22-41-36)47-15-2-1-3-16-47)42-25-6-4-23(5-7-25)24-12-17-46(18-13-24)26-20-27(21-26)48-19-14-28-30(48)9-10-31-34(28)35(45-52-31)29-8-11-33(49)44-39(29)51/h4-7,9-10,14,19,22,24,26-27,29H,1-3,8,11-13,15-18,20-21H2,(H2,40,50)(H,42,43)(H,44,49,51). The zero-order valence-electron chi connectivity index (χ0n) is 29.1. The monoisotopic (exact) mass is 701 g/mol. The second-order valence-corrected chi connectivity index (χ2v) is 14.8. The van der Waals surface area contributed by atoms with Crippen LogP contribution < -0.4 is 21.3 Å². The number of imide groups is 1. The van der Waals surface area contributed by atoms with Crippen molar-refractivity contribution < 1.29 is 18.9 Å². The van der Waals surface area contributed by atoms with E-state index in [1.54, 1.807) is 6.20 Å². The number of nitrogens with zero attached hydrogens (tertiary/aromatic N) is 6. The number of carbonyl (C=O) groups is 3. The summed E-state index contributed by atoms with van der Waals surface area (Å²) in [6, 6.07) is 15.6. The molecule has 1 atom stereocenters. The van der Waals surface area contributed by atoms with Crippen LogP contribution in [0.5, 0.6) is 0 Å². The van der Waals surface area contributed by atoms with Gasteiger partial charge in [-0.25, -0.2) is 9.97 Å². The number of hydrogen-bond donors (Lipinski definition) is 3. The van der Waals surface area contributed by atoms with Gasteiger partial charge in [0.15, 0.2) is 17.1 Å². The van der Waals surface area contributed by atoms with Crippen molar-refractivity contribution in [1.29, 1.82) is 0 Å². The van der Waals surface area contributed by atoms with Crippen LogP contribution in [0.1, 0.15) is 97.4 Å². The fourth-order valence-electron chi connectivity index (χ4n) is 8.79. The summed E-state index contributed by atoms with van der Waals surface area (Å²) in [7, 11) is 0. The van der Waals surface area contributed by atoms with E-state index in [-0.39, 0.29) is 17.5 Å². The molecule has 4 aliphatic rings. The van der Waals surface area contributed by atoms with Crippen LogP contribution in [-0.2, 0) is 9.59 Å². The molecule has 3 aliphatic heterocycles. The van der Waals surface area contributed by atoms with Gasteiger partial charge in [-0.05, 0) is 106 Å². The van der Waals surface area contributed by atoms with Crippen LogP contribution in [0.3, 0.4) is 0 Å². The molecule has 4 N–H and O–H groups in total. The Morgan fingerprint density at radius 2 is 1.71 bits per heavy atom. The van der Waals surface area contributed by atoms with Crippen molar-refractivity contribution in [2.24, 2.45) is 5.73 Å².